The summed E-state index contributed by atoms with van der Waals surface area (Å²) < 4.78 is 16.7. The number of amides is 1. The molecule has 2 aromatic carbocycles. The molecule has 0 aliphatic carbocycles. The molecule has 0 unspecified atom stereocenters. The molecule has 0 fully saturated rings. The molecule has 2 N–H and O–H groups in total. The zero-order valence-electron chi connectivity index (χ0n) is 16.1. The molecule has 7 nitrogen and oxygen atoms in total. The minimum atomic E-state index is -0.281. The Morgan fingerprint density at radius 1 is 1.14 bits per heavy atom. The van der Waals surface area contributed by atoms with Crippen molar-refractivity contribution in [1.82, 2.24) is 5.43 Å². The maximum Gasteiger partial charge on any atom is 0.259 e. The van der Waals surface area contributed by atoms with E-state index in [1.807, 2.05) is 55.5 Å². The summed E-state index contributed by atoms with van der Waals surface area (Å²) in [6.45, 7) is 4.30. The molecule has 0 saturated carbocycles. The normalized spacial score (nSPS) is 11.3. The van der Waals surface area contributed by atoms with Gasteiger partial charge in [0.2, 0.25) is 0 Å². The molecule has 3 aromatic rings. The third kappa shape index (κ3) is 4.43. The highest BCUT2D eigenvalue weighted by Crippen LogP contribution is 2.29. The number of anilines is 1. The molecule has 0 bridgehead atoms. The Kier molecular flexibility index (Phi) is 6.16. The zero-order valence-corrected chi connectivity index (χ0v) is 16.1. The van der Waals surface area contributed by atoms with Crippen LogP contribution in [0.25, 0.3) is 11.0 Å². The van der Waals surface area contributed by atoms with Crippen molar-refractivity contribution in [2.24, 2.45) is 5.10 Å². The Hall–Kier alpha value is -3.48. The number of hydrazone groups is 1. The SMILES string of the molecule is CCOc1cccc2cc(/C(C)=N\NC(=O)CNc3ccccc3OC)oc12. The Morgan fingerprint density at radius 2 is 1.93 bits per heavy atom. The fraction of sp³-hybridized carbons (Fsp3) is 0.238. The van der Waals surface area contributed by atoms with E-state index in [2.05, 4.69) is 15.8 Å². The summed E-state index contributed by atoms with van der Waals surface area (Å²) in [6, 6.07) is 15.0. The van der Waals surface area contributed by atoms with Gasteiger partial charge in [0.25, 0.3) is 5.91 Å². The van der Waals surface area contributed by atoms with Gasteiger partial charge < -0.3 is 19.2 Å². The Morgan fingerprint density at radius 3 is 2.71 bits per heavy atom. The molecule has 28 heavy (non-hydrogen) atoms. The first-order chi connectivity index (χ1) is 13.6. The average molecular weight is 381 g/mol. The van der Waals surface area contributed by atoms with E-state index in [0.29, 0.717) is 35.2 Å². The predicted octanol–water partition coefficient (Wildman–Crippen LogP) is 3.79. The second kappa shape index (κ2) is 8.94. The van der Waals surface area contributed by atoms with Crippen LogP contribution in [-0.2, 0) is 4.79 Å². The first-order valence-corrected chi connectivity index (χ1v) is 8.98. The summed E-state index contributed by atoms with van der Waals surface area (Å²) in [5.41, 5.74) is 4.49. The number of ether oxygens (including phenoxy) is 2. The van der Waals surface area contributed by atoms with Crippen molar-refractivity contribution in [3.05, 3.63) is 54.3 Å². The largest absolute Gasteiger partial charge is 0.495 e. The van der Waals surface area contributed by atoms with Crippen molar-refractivity contribution < 1.29 is 18.7 Å². The van der Waals surface area contributed by atoms with Crippen LogP contribution in [0.15, 0.2) is 58.0 Å². The van der Waals surface area contributed by atoms with Crippen LogP contribution in [0.5, 0.6) is 11.5 Å². The molecule has 0 saturated heterocycles. The van der Waals surface area contributed by atoms with Crippen LogP contribution in [0.4, 0.5) is 5.69 Å². The lowest BCUT2D eigenvalue weighted by Gasteiger charge is -2.09. The van der Waals surface area contributed by atoms with Gasteiger partial charge in [-0.2, -0.15) is 5.10 Å². The Bertz CT molecular complexity index is 994. The molecular weight excluding hydrogens is 358 g/mol. The van der Waals surface area contributed by atoms with Crippen LogP contribution in [0.1, 0.15) is 19.6 Å². The number of benzene rings is 2. The number of nitrogens with zero attached hydrogens (tertiary/aromatic N) is 1. The first-order valence-electron chi connectivity index (χ1n) is 8.98. The summed E-state index contributed by atoms with van der Waals surface area (Å²) in [5, 5.41) is 8.07. The lowest BCUT2D eigenvalue weighted by molar-refractivity contribution is -0.119. The summed E-state index contributed by atoms with van der Waals surface area (Å²) >= 11 is 0. The first kappa shape index (κ1) is 19.3. The van der Waals surface area contributed by atoms with Gasteiger partial charge in [-0.05, 0) is 38.1 Å². The van der Waals surface area contributed by atoms with E-state index in [1.165, 1.54) is 0 Å². The van der Waals surface area contributed by atoms with Crippen LogP contribution in [0, 0.1) is 0 Å². The van der Waals surface area contributed by atoms with Crippen molar-refractivity contribution in [2.45, 2.75) is 13.8 Å². The summed E-state index contributed by atoms with van der Waals surface area (Å²) in [7, 11) is 1.58. The smallest absolute Gasteiger partial charge is 0.259 e. The minimum Gasteiger partial charge on any atom is -0.495 e. The van der Waals surface area contributed by atoms with Gasteiger partial charge in [0.15, 0.2) is 17.1 Å². The molecular formula is C21H23N3O4. The number of fused-ring (bicyclic) bond motifs is 1. The van der Waals surface area contributed by atoms with E-state index in [-0.39, 0.29) is 12.5 Å². The lowest BCUT2D eigenvalue weighted by Crippen LogP contribution is -2.26. The molecule has 1 heterocycles. The van der Waals surface area contributed by atoms with E-state index in [4.69, 9.17) is 13.9 Å². The van der Waals surface area contributed by atoms with Crippen molar-refractivity contribution in [3.8, 4) is 11.5 Å². The molecule has 0 radical (unpaired) electrons. The lowest BCUT2D eigenvalue weighted by atomic mass is 10.2. The second-order valence-electron chi connectivity index (χ2n) is 6.00. The monoisotopic (exact) mass is 381 g/mol. The molecule has 0 spiro atoms. The topological polar surface area (TPSA) is 85.1 Å². The second-order valence-corrected chi connectivity index (χ2v) is 6.00. The van der Waals surface area contributed by atoms with Gasteiger partial charge in [-0.25, -0.2) is 5.43 Å². The molecule has 1 aromatic heterocycles. The maximum atomic E-state index is 12.1. The minimum absolute atomic E-state index is 0.0613. The van der Waals surface area contributed by atoms with Crippen molar-refractivity contribution in [2.75, 3.05) is 25.6 Å². The van der Waals surface area contributed by atoms with Gasteiger partial charge in [0.05, 0.1) is 25.9 Å². The van der Waals surface area contributed by atoms with Gasteiger partial charge in [0.1, 0.15) is 11.5 Å². The fourth-order valence-corrected chi connectivity index (χ4v) is 2.69. The van der Waals surface area contributed by atoms with E-state index in [1.54, 1.807) is 14.0 Å². The maximum absolute atomic E-state index is 12.1. The molecule has 1 amide bonds. The fourth-order valence-electron chi connectivity index (χ4n) is 2.69. The van der Waals surface area contributed by atoms with Crippen LogP contribution in [0.3, 0.4) is 0 Å². The van der Waals surface area contributed by atoms with E-state index >= 15 is 0 Å². The van der Waals surface area contributed by atoms with Crippen LogP contribution < -0.4 is 20.2 Å². The van der Waals surface area contributed by atoms with Gasteiger partial charge >= 0.3 is 0 Å². The number of nitrogens with one attached hydrogen (secondary N) is 2. The third-order valence-corrected chi connectivity index (χ3v) is 4.06. The molecule has 7 heteroatoms. The Balaban J connectivity index is 1.64. The molecule has 146 valence electrons. The number of carbonyl (C=O) groups is 1. The van der Waals surface area contributed by atoms with Crippen molar-refractivity contribution in [1.29, 1.82) is 0 Å². The quantitative estimate of drug-likeness (QED) is 0.458. The standard InChI is InChI=1S/C21H23N3O4/c1-4-27-18-11-7-8-15-12-19(28-21(15)18)14(2)23-24-20(25)13-22-16-9-5-6-10-17(16)26-3/h5-12,22H,4,13H2,1-3H3,(H,24,25)/b23-14-. The highest BCUT2D eigenvalue weighted by Gasteiger charge is 2.11. The summed E-state index contributed by atoms with van der Waals surface area (Å²) in [6.07, 6.45) is 0. The van der Waals surface area contributed by atoms with Gasteiger partial charge in [-0.1, -0.05) is 24.3 Å². The third-order valence-electron chi connectivity index (χ3n) is 4.06. The van der Waals surface area contributed by atoms with Gasteiger partial charge in [0, 0.05) is 5.39 Å². The van der Waals surface area contributed by atoms with Crippen LogP contribution in [0.2, 0.25) is 0 Å². The Labute approximate surface area is 163 Å². The molecule has 0 aliphatic rings. The van der Waals surface area contributed by atoms with E-state index < -0.39 is 0 Å². The molecule has 0 aliphatic heterocycles. The highest BCUT2D eigenvalue weighted by molar-refractivity contribution is 6.01. The number of methoxy groups -OCH3 is 1. The number of carbonyl (C=O) groups excluding carboxylic acids is 1. The van der Waals surface area contributed by atoms with Crippen molar-refractivity contribution in [3.63, 3.8) is 0 Å². The highest BCUT2D eigenvalue weighted by atomic mass is 16.5. The zero-order chi connectivity index (χ0) is 19.9. The number of hydrogen-bond donors (Lipinski definition) is 2. The average Bonchev–Trinajstić information content (AvgIpc) is 3.16. The van der Waals surface area contributed by atoms with Crippen LogP contribution >= 0.6 is 0 Å². The predicted molar refractivity (Wildman–Crippen MR) is 109 cm³/mol. The number of furan rings is 1. The van der Waals surface area contributed by atoms with Crippen LogP contribution in [-0.4, -0.2) is 31.9 Å². The number of rotatable bonds is 8. The molecule has 0 atom stereocenters. The molecule has 3 rings (SSSR count). The van der Waals surface area contributed by atoms with E-state index in [0.717, 1.165) is 11.1 Å². The van der Waals surface area contributed by atoms with Gasteiger partial charge in [-0.3, -0.25) is 4.79 Å². The summed E-state index contributed by atoms with van der Waals surface area (Å²) in [4.78, 5) is 12.1. The van der Waals surface area contributed by atoms with Gasteiger partial charge in [-0.15, -0.1) is 0 Å². The van der Waals surface area contributed by atoms with Crippen molar-refractivity contribution >= 4 is 28.3 Å². The number of hydrogen-bond acceptors (Lipinski definition) is 6. The van der Waals surface area contributed by atoms with E-state index in [9.17, 15) is 4.79 Å². The summed E-state index contributed by atoms with van der Waals surface area (Å²) in [5.74, 6) is 1.64. The number of para-hydroxylation sites is 3.